The number of fused-ring (bicyclic) bond motifs is 1. The van der Waals surface area contributed by atoms with Gasteiger partial charge in [0.15, 0.2) is 0 Å². The van der Waals surface area contributed by atoms with Crippen molar-refractivity contribution in [1.82, 2.24) is 30.1 Å². The van der Waals surface area contributed by atoms with Crippen LogP contribution in [0.3, 0.4) is 0 Å². The summed E-state index contributed by atoms with van der Waals surface area (Å²) in [5.41, 5.74) is 3.02. The standard InChI is InChI=1S/C27H30FN7O2/c1-18-22(16-33(2)31-18)26(27(37)29-20-8-4-3-5-9-20)35(21-14-12-19(28)13-15-21)25(36)17-34-24-11-7-6-10-23(24)30-32-34/h6-7,10-16,20,26H,3-5,8-9,17H2,1-2H3,(H,29,37)/t26-/m1/s1. The Hall–Kier alpha value is -4.08. The number of carbonyl (C=O) groups excluding carboxylic acids is 2. The number of halogens is 1. The molecule has 1 N–H and O–H groups in total. The first-order valence-corrected chi connectivity index (χ1v) is 12.6. The van der Waals surface area contributed by atoms with Crippen LogP contribution in [0.1, 0.15) is 49.4 Å². The van der Waals surface area contributed by atoms with Crippen molar-refractivity contribution in [2.45, 2.75) is 57.7 Å². The Morgan fingerprint density at radius 1 is 1.11 bits per heavy atom. The van der Waals surface area contributed by atoms with Crippen LogP contribution in [0, 0.1) is 12.7 Å². The van der Waals surface area contributed by atoms with Crippen LogP contribution in [0.4, 0.5) is 10.1 Å². The van der Waals surface area contributed by atoms with Crippen LogP contribution in [0.15, 0.2) is 54.7 Å². The monoisotopic (exact) mass is 503 g/mol. The molecule has 192 valence electrons. The number of nitrogens with one attached hydrogen (secondary N) is 1. The molecule has 10 heteroatoms. The Morgan fingerprint density at radius 2 is 1.84 bits per heavy atom. The molecule has 1 atom stereocenters. The fourth-order valence-electron chi connectivity index (χ4n) is 5.09. The first-order chi connectivity index (χ1) is 17.9. The van der Waals surface area contributed by atoms with Gasteiger partial charge in [-0.25, -0.2) is 9.07 Å². The Labute approximate surface area is 214 Å². The van der Waals surface area contributed by atoms with E-state index in [0.29, 0.717) is 28.0 Å². The van der Waals surface area contributed by atoms with Gasteiger partial charge in [0.25, 0.3) is 0 Å². The predicted molar refractivity (Wildman–Crippen MR) is 137 cm³/mol. The maximum absolute atomic E-state index is 14.0. The molecule has 1 fully saturated rings. The van der Waals surface area contributed by atoms with E-state index in [9.17, 15) is 14.0 Å². The van der Waals surface area contributed by atoms with Crippen LogP contribution in [-0.2, 0) is 23.2 Å². The van der Waals surface area contributed by atoms with Crippen molar-refractivity contribution >= 4 is 28.5 Å². The van der Waals surface area contributed by atoms with Gasteiger partial charge in [0, 0.05) is 30.5 Å². The van der Waals surface area contributed by atoms with E-state index in [1.807, 2.05) is 31.2 Å². The molecule has 2 aromatic heterocycles. The summed E-state index contributed by atoms with van der Waals surface area (Å²) in [7, 11) is 1.78. The average molecular weight is 504 g/mol. The van der Waals surface area contributed by atoms with Crippen molar-refractivity contribution in [3.8, 4) is 0 Å². The van der Waals surface area contributed by atoms with Crippen LogP contribution < -0.4 is 10.2 Å². The minimum Gasteiger partial charge on any atom is -0.351 e. The van der Waals surface area contributed by atoms with Gasteiger partial charge in [0.2, 0.25) is 11.8 Å². The summed E-state index contributed by atoms with van der Waals surface area (Å²) in [6.07, 6.45) is 6.83. The maximum Gasteiger partial charge on any atom is 0.249 e. The number of benzene rings is 2. The first kappa shape index (κ1) is 24.6. The van der Waals surface area contributed by atoms with Crippen LogP contribution in [-0.4, -0.2) is 42.6 Å². The van der Waals surface area contributed by atoms with Gasteiger partial charge in [-0.05, 0) is 56.2 Å². The lowest BCUT2D eigenvalue weighted by Crippen LogP contribution is -2.48. The Morgan fingerprint density at radius 3 is 2.54 bits per heavy atom. The first-order valence-electron chi connectivity index (χ1n) is 12.6. The molecule has 0 aliphatic heterocycles. The smallest absolute Gasteiger partial charge is 0.249 e. The van der Waals surface area contributed by atoms with Crippen molar-refractivity contribution in [1.29, 1.82) is 0 Å². The molecule has 0 radical (unpaired) electrons. The second-order valence-electron chi connectivity index (χ2n) is 9.57. The largest absolute Gasteiger partial charge is 0.351 e. The molecule has 1 aliphatic rings. The minimum absolute atomic E-state index is 0.0464. The van der Waals surface area contributed by atoms with Crippen molar-refractivity contribution in [3.63, 3.8) is 0 Å². The molecule has 2 amide bonds. The highest BCUT2D eigenvalue weighted by Crippen LogP contribution is 2.31. The molecule has 4 aromatic rings. The van der Waals surface area contributed by atoms with Gasteiger partial charge in [-0.3, -0.25) is 19.2 Å². The lowest BCUT2D eigenvalue weighted by atomic mass is 9.94. The van der Waals surface area contributed by atoms with Gasteiger partial charge in [-0.1, -0.05) is 36.6 Å². The molecule has 0 unspecified atom stereocenters. The molecular weight excluding hydrogens is 473 g/mol. The van der Waals surface area contributed by atoms with E-state index in [1.165, 1.54) is 33.8 Å². The molecule has 0 bridgehead atoms. The third kappa shape index (κ3) is 5.23. The molecule has 37 heavy (non-hydrogen) atoms. The second kappa shape index (κ2) is 10.5. The van der Waals surface area contributed by atoms with E-state index in [4.69, 9.17) is 0 Å². The minimum atomic E-state index is -0.997. The summed E-state index contributed by atoms with van der Waals surface area (Å²) >= 11 is 0. The third-order valence-corrected chi connectivity index (χ3v) is 6.88. The number of anilines is 1. The van der Waals surface area contributed by atoms with Crippen LogP contribution >= 0.6 is 0 Å². The summed E-state index contributed by atoms with van der Waals surface area (Å²) in [5, 5.41) is 15.9. The Kier molecular flexibility index (Phi) is 6.98. The number of aryl methyl sites for hydroxylation is 2. The van der Waals surface area contributed by atoms with Crippen molar-refractivity contribution < 1.29 is 14.0 Å². The molecule has 0 spiro atoms. The highest BCUT2D eigenvalue weighted by molar-refractivity contribution is 6.01. The van der Waals surface area contributed by atoms with E-state index in [-0.39, 0.29) is 24.4 Å². The summed E-state index contributed by atoms with van der Waals surface area (Å²) in [5.74, 6) is -1.10. The average Bonchev–Trinajstić information content (AvgIpc) is 3.45. The molecular formula is C27H30FN7O2. The number of aromatic nitrogens is 5. The SMILES string of the molecule is Cc1nn(C)cc1[C@H](C(=O)NC1CCCCC1)N(C(=O)Cn1nnc2ccccc21)c1ccc(F)cc1. The predicted octanol–water partition coefficient (Wildman–Crippen LogP) is 3.84. The number of hydrogen-bond acceptors (Lipinski definition) is 5. The van der Waals surface area contributed by atoms with Gasteiger partial charge >= 0.3 is 0 Å². The van der Waals surface area contributed by atoms with E-state index < -0.39 is 11.9 Å². The molecule has 1 aliphatic carbocycles. The lowest BCUT2D eigenvalue weighted by Gasteiger charge is -2.33. The highest BCUT2D eigenvalue weighted by Gasteiger charge is 2.36. The Balaban J connectivity index is 1.56. The summed E-state index contributed by atoms with van der Waals surface area (Å²) in [6.45, 7) is 1.67. The molecule has 0 saturated heterocycles. The number of amides is 2. The lowest BCUT2D eigenvalue weighted by molar-refractivity contribution is -0.127. The van der Waals surface area contributed by atoms with E-state index in [0.717, 1.165) is 32.1 Å². The molecule has 5 rings (SSSR count). The van der Waals surface area contributed by atoms with Gasteiger partial charge in [-0.15, -0.1) is 5.10 Å². The fourth-order valence-corrected chi connectivity index (χ4v) is 5.09. The van der Waals surface area contributed by atoms with E-state index >= 15 is 0 Å². The van der Waals surface area contributed by atoms with Crippen molar-refractivity contribution in [2.75, 3.05) is 4.90 Å². The maximum atomic E-state index is 14.0. The molecule has 1 saturated carbocycles. The number of rotatable bonds is 7. The zero-order chi connectivity index (χ0) is 25.9. The van der Waals surface area contributed by atoms with Crippen LogP contribution in [0.25, 0.3) is 11.0 Å². The number of hydrogen-bond donors (Lipinski definition) is 1. The summed E-state index contributed by atoms with van der Waals surface area (Å²) in [4.78, 5) is 29.4. The highest BCUT2D eigenvalue weighted by atomic mass is 19.1. The fraction of sp³-hybridized carbons (Fsp3) is 0.370. The molecule has 2 aromatic carbocycles. The normalized spacial score (nSPS) is 15.0. The van der Waals surface area contributed by atoms with Gasteiger partial charge in [-0.2, -0.15) is 5.10 Å². The van der Waals surface area contributed by atoms with Crippen LogP contribution in [0.5, 0.6) is 0 Å². The quantitative estimate of drug-likeness (QED) is 0.413. The zero-order valence-corrected chi connectivity index (χ0v) is 21.0. The summed E-state index contributed by atoms with van der Waals surface area (Å²) in [6, 6.07) is 12.0. The van der Waals surface area contributed by atoms with Crippen molar-refractivity contribution in [2.24, 2.45) is 7.05 Å². The van der Waals surface area contributed by atoms with Crippen LogP contribution in [0.2, 0.25) is 0 Å². The topological polar surface area (TPSA) is 97.9 Å². The zero-order valence-electron chi connectivity index (χ0n) is 21.0. The number of para-hydroxylation sites is 1. The molecule has 9 nitrogen and oxygen atoms in total. The van der Waals surface area contributed by atoms with Gasteiger partial charge in [0.05, 0.1) is 11.2 Å². The third-order valence-electron chi connectivity index (χ3n) is 6.88. The number of nitrogens with zero attached hydrogens (tertiary/aromatic N) is 6. The Bertz CT molecular complexity index is 1410. The number of carbonyl (C=O) groups is 2. The van der Waals surface area contributed by atoms with E-state index in [1.54, 1.807) is 17.9 Å². The van der Waals surface area contributed by atoms with E-state index in [2.05, 4.69) is 20.7 Å². The summed E-state index contributed by atoms with van der Waals surface area (Å²) < 4.78 is 17.0. The molecule has 2 heterocycles. The van der Waals surface area contributed by atoms with Gasteiger partial charge < -0.3 is 5.32 Å². The van der Waals surface area contributed by atoms with Gasteiger partial charge in [0.1, 0.15) is 23.9 Å². The van der Waals surface area contributed by atoms with Crippen molar-refractivity contribution in [3.05, 3.63) is 71.8 Å². The second-order valence-corrected chi connectivity index (χ2v) is 9.57.